The summed E-state index contributed by atoms with van der Waals surface area (Å²) in [5.41, 5.74) is 4.49. The lowest BCUT2D eigenvalue weighted by atomic mass is 9.88. The summed E-state index contributed by atoms with van der Waals surface area (Å²) in [5, 5.41) is 11.0. The first-order chi connectivity index (χ1) is 16.2. The fourth-order valence-electron chi connectivity index (χ4n) is 4.96. The zero-order chi connectivity index (χ0) is 22.6. The first kappa shape index (κ1) is 21.9. The molecule has 3 heterocycles. The Morgan fingerprint density at radius 2 is 1.91 bits per heavy atom. The fraction of sp³-hybridized carbons (Fsp3) is 0.462. The SMILES string of the molecule is O=c1ccc2ccc(OCCCCN3CCN(c4cccc5c4CC(O)CC5)CC3)nc2[nH]1. The van der Waals surface area contributed by atoms with E-state index in [-0.39, 0.29) is 11.7 Å². The first-order valence-electron chi connectivity index (χ1n) is 12.0. The van der Waals surface area contributed by atoms with Crippen LogP contribution in [0.25, 0.3) is 11.0 Å². The summed E-state index contributed by atoms with van der Waals surface area (Å²) in [5.74, 6) is 0.550. The van der Waals surface area contributed by atoms with Gasteiger partial charge in [-0.3, -0.25) is 9.69 Å². The van der Waals surface area contributed by atoms with Gasteiger partial charge in [0.25, 0.3) is 0 Å². The molecule has 0 amide bonds. The first-order valence-corrected chi connectivity index (χ1v) is 12.0. The summed E-state index contributed by atoms with van der Waals surface area (Å²) in [6.07, 6.45) is 4.50. The van der Waals surface area contributed by atoms with Crippen molar-refractivity contribution in [2.24, 2.45) is 0 Å². The van der Waals surface area contributed by atoms with E-state index in [1.165, 1.54) is 22.9 Å². The minimum absolute atomic E-state index is 0.156. The molecule has 1 unspecified atom stereocenters. The van der Waals surface area contributed by atoms with Crippen LogP contribution in [-0.4, -0.2) is 65.4 Å². The highest BCUT2D eigenvalue weighted by atomic mass is 16.5. The van der Waals surface area contributed by atoms with Gasteiger partial charge in [-0.2, -0.15) is 4.98 Å². The lowest BCUT2D eigenvalue weighted by Crippen LogP contribution is -2.47. The molecule has 1 aromatic carbocycles. The van der Waals surface area contributed by atoms with Gasteiger partial charge in [0.2, 0.25) is 11.4 Å². The second-order valence-corrected chi connectivity index (χ2v) is 9.11. The van der Waals surface area contributed by atoms with Crippen molar-refractivity contribution in [3.8, 4) is 5.88 Å². The van der Waals surface area contributed by atoms with Crippen LogP contribution >= 0.6 is 0 Å². The van der Waals surface area contributed by atoms with Gasteiger partial charge in [-0.15, -0.1) is 0 Å². The maximum Gasteiger partial charge on any atom is 0.249 e. The van der Waals surface area contributed by atoms with Crippen LogP contribution in [-0.2, 0) is 12.8 Å². The zero-order valence-corrected chi connectivity index (χ0v) is 19.0. The van der Waals surface area contributed by atoms with E-state index in [1.54, 1.807) is 6.07 Å². The molecule has 0 spiro atoms. The van der Waals surface area contributed by atoms with Crippen molar-refractivity contribution in [2.45, 2.75) is 38.2 Å². The van der Waals surface area contributed by atoms with Crippen LogP contribution in [0.15, 0.2) is 47.3 Å². The molecule has 2 N–H and O–H groups in total. The van der Waals surface area contributed by atoms with Crippen LogP contribution in [0, 0.1) is 0 Å². The molecule has 3 aromatic rings. The number of aliphatic hydroxyl groups excluding tert-OH is 1. The molecule has 2 aromatic heterocycles. The number of aliphatic hydroxyl groups is 1. The summed E-state index contributed by atoms with van der Waals surface area (Å²) in [6.45, 7) is 5.87. The molecule has 7 heteroatoms. The number of rotatable bonds is 7. The van der Waals surface area contributed by atoms with E-state index in [0.29, 0.717) is 18.1 Å². The third-order valence-electron chi connectivity index (χ3n) is 6.82. The number of hydrogen-bond acceptors (Lipinski definition) is 6. The van der Waals surface area contributed by atoms with E-state index in [0.717, 1.165) is 70.2 Å². The molecule has 174 valence electrons. The van der Waals surface area contributed by atoms with Crippen molar-refractivity contribution in [1.82, 2.24) is 14.9 Å². The predicted octanol–water partition coefficient (Wildman–Crippen LogP) is 2.75. The van der Waals surface area contributed by atoms with Crippen LogP contribution in [0.5, 0.6) is 5.88 Å². The molecule has 2 aliphatic rings. The summed E-state index contributed by atoms with van der Waals surface area (Å²) in [6, 6.07) is 13.6. The zero-order valence-electron chi connectivity index (χ0n) is 19.0. The third-order valence-corrected chi connectivity index (χ3v) is 6.82. The monoisotopic (exact) mass is 448 g/mol. The Morgan fingerprint density at radius 3 is 2.79 bits per heavy atom. The summed E-state index contributed by atoms with van der Waals surface area (Å²) in [7, 11) is 0. The van der Waals surface area contributed by atoms with Crippen LogP contribution in [0.4, 0.5) is 5.69 Å². The maximum absolute atomic E-state index is 11.5. The molecule has 1 atom stereocenters. The van der Waals surface area contributed by atoms with Crippen LogP contribution < -0.4 is 15.2 Å². The standard InChI is InChI=1S/C26H32N4O3/c31-21-9-6-19-4-3-5-23(22(19)18-21)30-15-13-29(14-16-30)12-1-2-17-33-25-11-8-20-7-10-24(32)27-26(20)28-25/h3-5,7-8,10-11,21,31H,1-2,6,9,12-18H2,(H,27,28,32). The molecule has 0 saturated carbocycles. The Kier molecular flexibility index (Phi) is 6.60. The molecule has 1 aliphatic carbocycles. The van der Waals surface area contributed by atoms with E-state index < -0.39 is 0 Å². The van der Waals surface area contributed by atoms with E-state index in [2.05, 4.69) is 38.0 Å². The number of unbranched alkanes of at least 4 members (excludes halogenated alkanes) is 1. The number of aromatic nitrogens is 2. The number of H-pyrrole nitrogens is 1. The van der Waals surface area contributed by atoms with Crippen molar-refractivity contribution >= 4 is 16.7 Å². The highest BCUT2D eigenvalue weighted by Crippen LogP contribution is 2.31. The molecule has 0 bridgehead atoms. The van der Waals surface area contributed by atoms with Gasteiger partial charge in [-0.05, 0) is 61.6 Å². The number of aryl methyl sites for hydroxylation is 1. The second kappa shape index (κ2) is 9.93. The normalized spacial score (nSPS) is 18.9. The highest BCUT2D eigenvalue weighted by Gasteiger charge is 2.24. The number of pyridine rings is 2. The van der Waals surface area contributed by atoms with Crippen molar-refractivity contribution in [3.63, 3.8) is 0 Å². The van der Waals surface area contributed by atoms with Gasteiger partial charge in [0.1, 0.15) is 5.65 Å². The topological polar surface area (TPSA) is 81.7 Å². The fourth-order valence-corrected chi connectivity index (χ4v) is 4.96. The Hall–Kier alpha value is -2.90. The third kappa shape index (κ3) is 5.20. The Balaban J connectivity index is 1.05. The van der Waals surface area contributed by atoms with E-state index in [9.17, 15) is 9.90 Å². The second-order valence-electron chi connectivity index (χ2n) is 9.11. The highest BCUT2D eigenvalue weighted by molar-refractivity contribution is 5.74. The molecule has 5 rings (SSSR count). The van der Waals surface area contributed by atoms with Gasteiger partial charge in [0, 0.05) is 55.8 Å². The summed E-state index contributed by atoms with van der Waals surface area (Å²) < 4.78 is 5.80. The molecule has 0 radical (unpaired) electrons. The van der Waals surface area contributed by atoms with Gasteiger partial charge >= 0.3 is 0 Å². The average Bonchev–Trinajstić information content (AvgIpc) is 2.83. The molecule has 7 nitrogen and oxygen atoms in total. The molecule has 33 heavy (non-hydrogen) atoms. The van der Waals surface area contributed by atoms with Crippen LogP contribution in [0.1, 0.15) is 30.4 Å². The quantitative estimate of drug-likeness (QED) is 0.541. The lowest BCUT2D eigenvalue weighted by Gasteiger charge is -2.38. The van der Waals surface area contributed by atoms with Gasteiger partial charge in [-0.25, -0.2) is 0 Å². The number of aromatic amines is 1. The molecular formula is C26H32N4O3. The number of nitrogens with one attached hydrogen (secondary N) is 1. The van der Waals surface area contributed by atoms with Crippen molar-refractivity contribution in [1.29, 1.82) is 0 Å². The molecule has 1 fully saturated rings. The number of fused-ring (bicyclic) bond motifs is 2. The number of ether oxygens (including phenoxy) is 1. The predicted molar refractivity (Wildman–Crippen MR) is 130 cm³/mol. The van der Waals surface area contributed by atoms with Gasteiger partial charge in [-0.1, -0.05) is 12.1 Å². The molecule has 1 saturated heterocycles. The minimum Gasteiger partial charge on any atom is -0.478 e. The van der Waals surface area contributed by atoms with E-state index >= 15 is 0 Å². The number of hydrogen-bond donors (Lipinski definition) is 2. The van der Waals surface area contributed by atoms with Gasteiger partial charge in [0.15, 0.2) is 0 Å². The minimum atomic E-state index is -0.200. The van der Waals surface area contributed by atoms with Crippen LogP contribution in [0.3, 0.4) is 0 Å². The van der Waals surface area contributed by atoms with Crippen molar-refractivity contribution in [2.75, 3.05) is 44.2 Å². The molecular weight excluding hydrogens is 416 g/mol. The Bertz CT molecular complexity index is 1150. The van der Waals surface area contributed by atoms with E-state index in [1.807, 2.05) is 12.1 Å². The van der Waals surface area contributed by atoms with Crippen molar-refractivity contribution < 1.29 is 9.84 Å². The van der Waals surface area contributed by atoms with Crippen LogP contribution in [0.2, 0.25) is 0 Å². The number of benzene rings is 1. The van der Waals surface area contributed by atoms with Crippen molar-refractivity contribution in [3.05, 3.63) is 63.9 Å². The number of anilines is 1. The smallest absolute Gasteiger partial charge is 0.249 e. The molecule has 1 aliphatic heterocycles. The average molecular weight is 449 g/mol. The van der Waals surface area contributed by atoms with Gasteiger partial charge < -0.3 is 19.7 Å². The summed E-state index contributed by atoms with van der Waals surface area (Å²) in [4.78, 5) is 23.6. The Morgan fingerprint density at radius 1 is 1.06 bits per heavy atom. The van der Waals surface area contributed by atoms with Gasteiger partial charge in [0.05, 0.1) is 12.7 Å². The summed E-state index contributed by atoms with van der Waals surface area (Å²) >= 11 is 0. The number of piperazine rings is 1. The Labute approximate surface area is 194 Å². The van der Waals surface area contributed by atoms with E-state index in [4.69, 9.17) is 4.74 Å². The lowest BCUT2D eigenvalue weighted by molar-refractivity contribution is 0.158. The number of nitrogens with zero attached hydrogens (tertiary/aromatic N) is 3. The largest absolute Gasteiger partial charge is 0.478 e. The maximum atomic E-state index is 11.5.